The number of carbonyl (C=O) groups excluding carboxylic acids is 1. The van der Waals surface area contributed by atoms with Crippen LogP contribution in [-0.4, -0.2) is 11.9 Å². The maximum Gasteiger partial charge on any atom is 0.245 e. The number of hydrogen-bond acceptors (Lipinski definition) is 2. The number of carbonyl (C=O) groups is 1. The molecule has 0 radical (unpaired) electrons. The lowest BCUT2D eigenvalue weighted by molar-refractivity contribution is -0.652. The van der Waals surface area contributed by atoms with Crippen LogP contribution in [0.1, 0.15) is 6.92 Å². The molecule has 0 aromatic carbocycles. The Morgan fingerprint density at radius 3 is 2.50 bits per heavy atom. The topological polar surface area (TPSA) is 59.0 Å². The van der Waals surface area contributed by atoms with Crippen molar-refractivity contribution in [3.05, 3.63) is 30.6 Å². The van der Waals surface area contributed by atoms with Crippen molar-refractivity contribution in [2.75, 3.05) is 5.43 Å². The predicted octanol–water partition coefficient (Wildman–Crippen LogP) is -0.609. The van der Waals surface area contributed by atoms with E-state index in [1.165, 1.54) is 0 Å². The molecule has 12 heavy (non-hydrogen) atoms. The minimum absolute atomic E-state index is 0.364. The van der Waals surface area contributed by atoms with Gasteiger partial charge in [-0.05, 0) is 6.92 Å². The third-order valence-electron chi connectivity index (χ3n) is 1.49. The molecule has 1 rings (SSSR count). The number of pyridine rings is 1. The largest absolute Gasteiger partial charge is 0.368 e. The summed E-state index contributed by atoms with van der Waals surface area (Å²) in [6.07, 6.45) is 3.61. The average Bonchev–Trinajstić information content (AvgIpc) is 2.06. The number of aromatic nitrogens is 1. The standard InChI is InChI=1S/C8H11N3O/c1-7(8(9)12)10-11-5-3-2-4-6-11/h2-7,10H,1H3,(H-,9,12)/p+1. The quantitative estimate of drug-likeness (QED) is 0.588. The molecule has 0 saturated heterocycles. The van der Waals surface area contributed by atoms with Crippen molar-refractivity contribution >= 4 is 5.91 Å². The molecule has 0 fully saturated rings. The Bertz CT molecular complexity index is 260. The lowest BCUT2D eigenvalue weighted by Gasteiger charge is -2.04. The molecule has 1 aromatic heterocycles. The van der Waals surface area contributed by atoms with E-state index >= 15 is 0 Å². The predicted molar refractivity (Wildman–Crippen MR) is 44.7 cm³/mol. The van der Waals surface area contributed by atoms with Crippen LogP contribution in [0.2, 0.25) is 0 Å². The maximum absolute atomic E-state index is 10.7. The van der Waals surface area contributed by atoms with Crippen LogP contribution in [0.15, 0.2) is 30.6 Å². The monoisotopic (exact) mass is 166 g/mol. The van der Waals surface area contributed by atoms with Crippen LogP contribution in [0.5, 0.6) is 0 Å². The molecule has 1 atom stereocenters. The first-order chi connectivity index (χ1) is 5.70. The van der Waals surface area contributed by atoms with Crippen molar-refractivity contribution in [3.63, 3.8) is 0 Å². The summed E-state index contributed by atoms with van der Waals surface area (Å²) in [5.41, 5.74) is 7.95. The number of rotatable bonds is 3. The van der Waals surface area contributed by atoms with Gasteiger partial charge < -0.3 is 5.73 Å². The van der Waals surface area contributed by atoms with E-state index in [0.717, 1.165) is 0 Å². The van der Waals surface area contributed by atoms with E-state index in [9.17, 15) is 4.79 Å². The van der Waals surface area contributed by atoms with Crippen LogP contribution < -0.4 is 15.8 Å². The molecule has 0 spiro atoms. The Hall–Kier alpha value is -1.58. The van der Waals surface area contributed by atoms with Crippen LogP contribution in [0.25, 0.3) is 0 Å². The fourth-order valence-electron chi connectivity index (χ4n) is 0.772. The van der Waals surface area contributed by atoms with Gasteiger partial charge in [0.05, 0.1) is 0 Å². The zero-order valence-electron chi connectivity index (χ0n) is 6.90. The second kappa shape index (κ2) is 3.71. The van der Waals surface area contributed by atoms with Gasteiger partial charge in [-0.3, -0.25) is 4.79 Å². The van der Waals surface area contributed by atoms with Gasteiger partial charge in [0.2, 0.25) is 5.91 Å². The smallest absolute Gasteiger partial charge is 0.245 e. The summed E-state index contributed by atoms with van der Waals surface area (Å²) in [5, 5.41) is 0. The SMILES string of the molecule is CC(N[n+]1ccccc1)C(N)=O. The molecule has 0 bridgehead atoms. The van der Waals surface area contributed by atoms with Crippen LogP contribution >= 0.6 is 0 Å². The molecule has 3 N–H and O–H groups in total. The summed E-state index contributed by atoms with van der Waals surface area (Å²) >= 11 is 0. The minimum atomic E-state index is -0.369. The normalized spacial score (nSPS) is 12.1. The van der Waals surface area contributed by atoms with Gasteiger partial charge in [0.1, 0.15) is 0 Å². The Labute approximate surface area is 71.0 Å². The number of primary amides is 1. The van der Waals surface area contributed by atoms with E-state index in [2.05, 4.69) is 5.43 Å². The van der Waals surface area contributed by atoms with E-state index in [0.29, 0.717) is 0 Å². The molecular formula is C8H12N3O+. The van der Waals surface area contributed by atoms with Gasteiger partial charge in [-0.1, -0.05) is 10.7 Å². The second-order valence-corrected chi connectivity index (χ2v) is 2.54. The molecule has 4 heteroatoms. The lowest BCUT2D eigenvalue weighted by atomic mass is 10.3. The maximum atomic E-state index is 10.7. The van der Waals surface area contributed by atoms with Crippen LogP contribution in [0.3, 0.4) is 0 Å². The summed E-state index contributed by atoms with van der Waals surface area (Å²) < 4.78 is 1.69. The van der Waals surface area contributed by atoms with Crippen LogP contribution in [0.4, 0.5) is 0 Å². The zero-order valence-corrected chi connectivity index (χ0v) is 6.90. The van der Waals surface area contributed by atoms with E-state index in [4.69, 9.17) is 5.73 Å². The fraction of sp³-hybridized carbons (Fsp3) is 0.250. The van der Waals surface area contributed by atoms with Crippen molar-refractivity contribution in [1.29, 1.82) is 0 Å². The van der Waals surface area contributed by atoms with E-state index in [1.807, 2.05) is 18.2 Å². The van der Waals surface area contributed by atoms with Gasteiger partial charge >= 0.3 is 0 Å². The summed E-state index contributed by atoms with van der Waals surface area (Å²) in [7, 11) is 0. The first kappa shape index (κ1) is 8.52. The van der Waals surface area contributed by atoms with Crippen molar-refractivity contribution < 1.29 is 9.47 Å². The average molecular weight is 166 g/mol. The lowest BCUT2D eigenvalue weighted by Crippen LogP contribution is -2.52. The highest BCUT2D eigenvalue weighted by molar-refractivity contribution is 5.80. The number of nitrogens with two attached hydrogens (primary N) is 1. The van der Waals surface area contributed by atoms with Gasteiger partial charge in [-0.2, -0.15) is 5.43 Å². The third-order valence-corrected chi connectivity index (χ3v) is 1.49. The Balaban J connectivity index is 2.58. The molecule has 4 nitrogen and oxygen atoms in total. The van der Waals surface area contributed by atoms with Crippen molar-refractivity contribution in [2.24, 2.45) is 5.73 Å². The summed E-state index contributed by atoms with van der Waals surface area (Å²) in [6, 6.07) is 5.26. The Morgan fingerprint density at radius 1 is 1.42 bits per heavy atom. The molecule has 1 amide bonds. The molecule has 0 aliphatic heterocycles. The number of nitrogens with zero attached hydrogens (tertiary/aromatic N) is 1. The molecule has 64 valence electrons. The molecular weight excluding hydrogens is 154 g/mol. The number of hydrogen-bond donors (Lipinski definition) is 2. The van der Waals surface area contributed by atoms with Crippen LogP contribution in [0, 0.1) is 0 Å². The first-order valence-electron chi connectivity index (χ1n) is 3.72. The molecule has 1 unspecified atom stereocenters. The Kier molecular flexibility index (Phi) is 2.63. The van der Waals surface area contributed by atoms with Gasteiger partial charge in [-0.25, -0.2) is 0 Å². The first-order valence-corrected chi connectivity index (χ1v) is 3.72. The summed E-state index contributed by atoms with van der Waals surface area (Å²) in [6.45, 7) is 1.71. The molecule has 0 saturated carbocycles. The molecule has 0 aliphatic rings. The highest BCUT2D eigenvalue weighted by Crippen LogP contribution is 1.79. The molecule has 1 heterocycles. The van der Waals surface area contributed by atoms with Gasteiger partial charge in [0, 0.05) is 12.1 Å². The van der Waals surface area contributed by atoms with E-state index < -0.39 is 0 Å². The van der Waals surface area contributed by atoms with Gasteiger partial charge in [-0.15, -0.1) is 0 Å². The zero-order chi connectivity index (χ0) is 8.97. The van der Waals surface area contributed by atoms with Crippen molar-refractivity contribution in [3.8, 4) is 0 Å². The number of amides is 1. The molecule has 1 aromatic rings. The molecule has 0 aliphatic carbocycles. The minimum Gasteiger partial charge on any atom is -0.368 e. The van der Waals surface area contributed by atoms with Gasteiger partial charge in [0.15, 0.2) is 18.4 Å². The highest BCUT2D eigenvalue weighted by Gasteiger charge is 2.11. The van der Waals surface area contributed by atoms with Crippen molar-refractivity contribution in [1.82, 2.24) is 0 Å². The van der Waals surface area contributed by atoms with E-state index in [-0.39, 0.29) is 11.9 Å². The fourth-order valence-corrected chi connectivity index (χ4v) is 0.772. The Morgan fingerprint density at radius 2 is 2.00 bits per heavy atom. The number of nitrogens with one attached hydrogen (secondary N) is 1. The van der Waals surface area contributed by atoms with Gasteiger partial charge in [0.25, 0.3) is 0 Å². The van der Waals surface area contributed by atoms with Crippen molar-refractivity contribution in [2.45, 2.75) is 13.0 Å². The second-order valence-electron chi connectivity index (χ2n) is 2.54. The summed E-state index contributed by atoms with van der Waals surface area (Å²) in [5.74, 6) is -0.369. The van der Waals surface area contributed by atoms with Crippen LogP contribution in [-0.2, 0) is 4.79 Å². The third kappa shape index (κ3) is 2.23. The summed E-state index contributed by atoms with van der Waals surface area (Å²) in [4.78, 5) is 10.7. The van der Waals surface area contributed by atoms with E-state index in [1.54, 1.807) is 24.0 Å². The highest BCUT2D eigenvalue weighted by atomic mass is 16.1.